The van der Waals surface area contributed by atoms with Gasteiger partial charge < -0.3 is 25.3 Å². The fourth-order valence-electron chi connectivity index (χ4n) is 2.43. The van der Waals surface area contributed by atoms with E-state index in [1.54, 1.807) is 30.3 Å². The molecule has 1 amide bonds. The minimum atomic E-state index is -0.0374. The van der Waals surface area contributed by atoms with E-state index in [9.17, 15) is 4.79 Å². The summed E-state index contributed by atoms with van der Waals surface area (Å²) in [6.07, 6.45) is 0.351. The molecule has 0 saturated carbocycles. The van der Waals surface area contributed by atoms with Crippen LogP contribution in [-0.2, 0) is 11.2 Å². The molecule has 2 aliphatic heterocycles. The molecule has 106 valence electrons. The second-order valence-corrected chi connectivity index (χ2v) is 4.89. The summed E-state index contributed by atoms with van der Waals surface area (Å²) in [5.74, 6) is 2.38. The van der Waals surface area contributed by atoms with Crippen LogP contribution in [0.1, 0.15) is 5.56 Å². The largest absolute Gasteiger partial charge is 0.455 e. The highest BCUT2D eigenvalue weighted by atomic mass is 16.7. The molecule has 0 unspecified atom stereocenters. The number of nitrogens with one attached hydrogen (secondary N) is 1. The molecular weight excluding hydrogens is 272 g/mol. The van der Waals surface area contributed by atoms with Gasteiger partial charge in [0.1, 0.15) is 5.75 Å². The van der Waals surface area contributed by atoms with Crippen LogP contribution in [0.25, 0.3) is 0 Å². The van der Waals surface area contributed by atoms with Crippen LogP contribution in [0.2, 0.25) is 0 Å². The van der Waals surface area contributed by atoms with Crippen LogP contribution in [0.5, 0.6) is 23.0 Å². The van der Waals surface area contributed by atoms with Gasteiger partial charge in [-0.1, -0.05) is 0 Å². The van der Waals surface area contributed by atoms with Gasteiger partial charge in [0.15, 0.2) is 17.2 Å². The van der Waals surface area contributed by atoms with E-state index in [4.69, 9.17) is 19.9 Å². The smallest absolute Gasteiger partial charge is 0.231 e. The van der Waals surface area contributed by atoms with Gasteiger partial charge >= 0.3 is 0 Å². The van der Waals surface area contributed by atoms with Crippen molar-refractivity contribution in [3.8, 4) is 23.0 Å². The van der Waals surface area contributed by atoms with Gasteiger partial charge in [-0.2, -0.15) is 0 Å². The Kier molecular flexibility index (Phi) is 2.44. The zero-order valence-corrected chi connectivity index (χ0v) is 11.0. The molecule has 6 nitrogen and oxygen atoms in total. The molecule has 0 bridgehead atoms. The van der Waals surface area contributed by atoms with E-state index in [0.29, 0.717) is 35.1 Å². The molecule has 4 rings (SSSR count). The average Bonchev–Trinajstić information content (AvgIpc) is 3.04. The van der Waals surface area contributed by atoms with E-state index in [1.165, 1.54) is 0 Å². The molecule has 6 heteroatoms. The summed E-state index contributed by atoms with van der Waals surface area (Å²) in [6.45, 7) is 0.214. The number of fused-ring (bicyclic) bond motifs is 2. The minimum Gasteiger partial charge on any atom is -0.455 e. The molecular formula is C15H12N2O4. The number of benzene rings is 2. The number of carbonyl (C=O) groups is 1. The van der Waals surface area contributed by atoms with Gasteiger partial charge in [0.25, 0.3) is 0 Å². The molecule has 2 aromatic carbocycles. The highest BCUT2D eigenvalue weighted by Gasteiger charge is 2.20. The lowest BCUT2D eigenvalue weighted by atomic mass is 10.1. The van der Waals surface area contributed by atoms with E-state index in [1.807, 2.05) is 0 Å². The van der Waals surface area contributed by atoms with Gasteiger partial charge in [-0.05, 0) is 23.8 Å². The second-order valence-electron chi connectivity index (χ2n) is 4.89. The van der Waals surface area contributed by atoms with Gasteiger partial charge in [-0.25, -0.2) is 0 Å². The van der Waals surface area contributed by atoms with E-state index in [-0.39, 0.29) is 12.7 Å². The molecule has 3 N–H and O–H groups in total. The third kappa shape index (κ3) is 2.01. The molecule has 2 aromatic rings. The lowest BCUT2D eigenvalue weighted by molar-refractivity contribution is -0.115. The lowest BCUT2D eigenvalue weighted by Gasteiger charge is -2.11. The number of rotatable bonds is 2. The minimum absolute atomic E-state index is 0.0374. The normalized spacial score (nSPS) is 14.8. The van der Waals surface area contributed by atoms with Crippen LogP contribution >= 0.6 is 0 Å². The molecule has 0 saturated heterocycles. The predicted octanol–water partition coefficient (Wildman–Crippen LogP) is 2.28. The van der Waals surface area contributed by atoms with Crippen LogP contribution in [-0.4, -0.2) is 12.7 Å². The van der Waals surface area contributed by atoms with Gasteiger partial charge in [-0.15, -0.1) is 0 Å². The highest BCUT2D eigenvalue weighted by molar-refractivity contribution is 6.00. The van der Waals surface area contributed by atoms with Crippen molar-refractivity contribution < 1.29 is 19.0 Å². The van der Waals surface area contributed by atoms with Crippen LogP contribution in [0.3, 0.4) is 0 Å². The van der Waals surface area contributed by atoms with E-state index in [0.717, 1.165) is 11.3 Å². The Hall–Kier alpha value is -2.89. The first kappa shape index (κ1) is 11.9. The Bertz CT molecular complexity index is 758. The molecule has 21 heavy (non-hydrogen) atoms. The fourth-order valence-corrected chi connectivity index (χ4v) is 2.43. The molecule has 0 radical (unpaired) electrons. The molecule has 2 heterocycles. The van der Waals surface area contributed by atoms with Crippen molar-refractivity contribution in [2.24, 2.45) is 0 Å². The summed E-state index contributed by atoms with van der Waals surface area (Å²) in [5, 5.41) is 2.77. The summed E-state index contributed by atoms with van der Waals surface area (Å²) < 4.78 is 16.3. The first-order valence-electron chi connectivity index (χ1n) is 6.49. The molecule has 2 aliphatic rings. The molecule has 0 spiro atoms. The first-order chi connectivity index (χ1) is 10.2. The molecule has 0 aromatic heterocycles. The summed E-state index contributed by atoms with van der Waals surface area (Å²) in [4.78, 5) is 11.4. The number of hydrogen-bond acceptors (Lipinski definition) is 5. The van der Waals surface area contributed by atoms with Crippen molar-refractivity contribution in [2.75, 3.05) is 17.8 Å². The van der Waals surface area contributed by atoms with Crippen molar-refractivity contribution in [2.45, 2.75) is 6.42 Å². The van der Waals surface area contributed by atoms with Crippen molar-refractivity contribution in [3.05, 3.63) is 35.9 Å². The van der Waals surface area contributed by atoms with Crippen molar-refractivity contribution >= 4 is 17.3 Å². The Morgan fingerprint density at radius 1 is 1.14 bits per heavy atom. The maximum atomic E-state index is 11.4. The summed E-state index contributed by atoms with van der Waals surface area (Å²) >= 11 is 0. The molecule has 0 fully saturated rings. The number of hydrogen-bond donors (Lipinski definition) is 2. The number of nitrogen functional groups attached to an aromatic ring is 1. The van der Waals surface area contributed by atoms with Crippen molar-refractivity contribution in [1.82, 2.24) is 0 Å². The summed E-state index contributed by atoms with van der Waals surface area (Å²) in [7, 11) is 0. The SMILES string of the molecule is Nc1cc2c(cc1Oc1ccc3c(c1)OCO3)NC(=O)C2. The monoisotopic (exact) mass is 284 g/mol. The standard InChI is InChI=1S/C15H12N2O4/c16-10-3-8-4-15(18)17-11(8)6-13(10)21-9-1-2-12-14(5-9)20-7-19-12/h1-3,5-6H,4,7,16H2,(H,17,18). The highest BCUT2D eigenvalue weighted by Crippen LogP contribution is 2.39. The van der Waals surface area contributed by atoms with Crippen molar-refractivity contribution in [3.63, 3.8) is 0 Å². The second kappa shape index (κ2) is 4.31. The number of anilines is 2. The lowest BCUT2D eigenvalue weighted by Crippen LogP contribution is -2.03. The van der Waals surface area contributed by atoms with E-state index >= 15 is 0 Å². The number of carbonyl (C=O) groups excluding carboxylic acids is 1. The Morgan fingerprint density at radius 2 is 2.00 bits per heavy atom. The molecule has 0 aliphatic carbocycles. The van der Waals surface area contributed by atoms with Crippen molar-refractivity contribution in [1.29, 1.82) is 0 Å². The number of nitrogens with two attached hydrogens (primary N) is 1. The van der Waals surface area contributed by atoms with Gasteiger partial charge in [-0.3, -0.25) is 4.79 Å². The van der Waals surface area contributed by atoms with Gasteiger partial charge in [0.05, 0.1) is 12.1 Å². The Balaban J connectivity index is 1.66. The third-order valence-corrected chi connectivity index (χ3v) is 3.43. The van der Waals surface area contributed by atoms with Crippen LogP contribution in [0.15, 0.2) is 30.3 Å². The summed E-state index contributed by atoms with van der Waals surface area (Å²) in [5.41, 5.74) is 8.09. The quantitative estimate of drug-likeness (QED) is 0.827. The van der Waals surface area contributed by atoms with Gasteiger partial charge in [0.2, 0.25) is 12.7 Å². The maximum absolute atomic E-state index is 11.4. The van der Waals surface area contributed by atoms with Crippen LogP contribution in [0.4, 0.5) is 11.4 Å². The van der Waals surface area contributed by atoms with E-state index in [2.05, 4.69) is 5.32 Å². The molecule has 0 atom stereocenters. The van der Waals surface area contributed by atoms with Crippen LogP contribution < -0.4 is 25.3 Å². The maximum Gasteiger partial charge on any atom is 0.231 e. The third-order valence-electron chi connectivity index (χ3n) is 3.43. The first-order valence-corrected chi connectivity index (χ1v) is 6.49. The predicted molar refractivity (Wildman–Crippen MR) is 75.8 cm³/mol. The number of ether oxygens (including phenoxy) is 3. The van der Waals surface area contributed by atoms with Gasteiger partial charge in [0, 0.05) is 17.8 Å². The Morgan fingerprint density at radius 3 is 2.90 bits per heavy atom. The number of amides is 1. The summed E-state index contributed by atoms with van der Waals surface area (Å²) in [6, 6.07) is 8.80. The topological polar surface area (TPSA) is 82.8 Å². The Labute approximate surface area is 120 Å². The average molecular weight is 284 g/mol. The van der Waals surface area contributed by atoms with Crippen LogP contribution in [0, 0.1) is 0 Å². The zero-order valence-electron chi connectivity index (χ0n) is 11.0. The van der Waals surface area contributed by atoms with E-state index < -0.39 is 0 Å². The zero-order chi connectivity index (χ0) is 14.4. The fraction of sp³-hybridized carbons (Fsp3) is 0.133.